The van der Waals surface area contributed by atoms with E-state index in [1.54, 1.807) is 0 Å². The van der Waals surface area contributed by atoms with Crippen molar-refractivity contribution in [3.63, 3.8) is 0 Å². The van der Waals surface area contributed by atoms with E-state index in [0.29, 0.717) is 10.9 Å². The van der Waals surface area contributed by atoms with Crippen LogP contribution < -0.4 is 5.56 Å². The summed E-state index contributed by atoms with van der Waals surface area (Å²) in [6.45, 7) is 0. The number of aromatic nitrogens is 1. The zero-order valence-electron chi connectivity index (χ0n) is 6.61. The first-order chi connectivity index (χ1) is 6.16. The molecule has 0 saturated heterocycles. The lowest BCUT2D eigenvalue weighted by atomic mass is 10.2. The van der Waals surface area contributed by atoms with Crippen molar-refractivity contribution in [3.8, 4) is 11.5 Å². The third kappa shape index (κ3) is 1.22. The summed E-state index contributed by atoms with van der Waals surface area (Å²) in [5, 5.41) is 19.0. The van der Waals surface area contributed by atoms with Crippen molar-refractivity contribution in [2.75, 3.05) is 0 Å². The number of fused-ring (bicyclic) bond motifs is 1. The molecule has 0 radical (unpaired) electrons. The van der Waals surface area contributed by atoms with E-state index in [9.17, 15) is 9.90 Å². The Morgan fingerprint density at radius 2 is 1.92 bits per heavy atom. The number of nitrogens with one attached hydrogen (secondary N) is 1. The van der Waals surface area contributed by atoms with Crippen LogP contribution in [0.15, 0.2) is 29.1 Å². The molecule has 0 aliphatic rings. The number of phenolic OH excluding ortho intramolecular Hbond substituents is 1. The molecule has 2 aromatic rings. The second-order valence-corrected chi connectivity index (χ2v) is 2.75. The van der Waals surface area contributed by atoms with Crippen LogP contribution in [0.2, 0.25) is 0 Å². The minimum absolute atomic E-state index is 0.0498. The summed E-state index contributed by atoms with van der Waals surface area (Å²) >= 11 is 0. The van der Waals surface area contributed by atoms with Crippen LogP contribution in [0.5, 0.6) is 11.5 Å². The quantitative estimate of drug-likeness (QED) is 0.560. The van der Waals surface area contributed by atoms with Gasteiger partial charge in [-0.25, -0.2) is 0 Å². The van der Waals surface area contributed by atoms with E-state index < -0.39 is 5.56 Å². The van der Waals surface area contributed by atoms with Crippen molar-refractivity contribution in [2.24, 2.45) is 0 Å². The van der Waals surface area contributed by atoms with Crippen LogP contribution in [0, 0.1) is 0 Å². The largest absolute Gasteiger partial charge is 0.508 e. The third-order valence-electron chi connectivity index (χ3n) is 1.80. The van der Waals surface area contributed by atoms with Gasteiger partial charge in [-0.05, 0) is 12.1 Å². The Morgan fingerprint density at radius 1 is 1.15 bits per heavy atom. The van der Waals surface area contributed by atoms with E-state index in [4.69, 9.17) is 5.11 Å². The molecule has 1 aromatic carbocycles. The van der Waals surface area contributed by atoms with E-state index in [1.807, 2.05) is 0 Å². The monoisotopic (exact) mass is 177 g/mol. The predicted molar refractivity (Wildman–Crippen MR) is 47.9 cm³/mol. The molecule has 1 aromatic heterocycles. The second kappa shape index (κ2) is 2.52. The molecule has 13 heavy (non-hydrogen) atoms. The van der Waals surface area contributed by atoms with Gasteiger partial charge in [0.15, 0.2) is 0 Å². The third-order valence-corrected chi connectivity index (χ3v) is 1.80. The Labute approximate surface area is 73.1 Å². The summed E-state index contributed by atoms with van der Waals surface area (Å²) in [7, 11) is 0. The summed E-state index contributed by atoms with van der Waals surface area (Å²) in [5.74, 6) is -0.0347. The maximum Gasteiger partial charge on any atom is 0.252 e. The molecule has 0 saturated carbocycles. The lowest BCUT2D eigenvalue weighted by molar-refractivity contribution is 0.474. The number of hydrogen-bond acceptors (Lipinski definition) is 3. The highest BCUT2D eigenvalue weighted by atomic mass is 16.3. The van der Waals surface area contributed by atoms with Gasteiger partial charge in [0.05, 0.1) is 5.52 Å². The smallest absolute Gasteiger partial charge is 0.252 e. The van der Waals surface area contributed by atoms with Gasteiger partial charge in [0.25, 0.3) is 5.56 Å². The topological polar surface area (TPSA) is 73.3 Å². The number of benzene rings is 1. The number of aromatic hydroxyl groups is 2. The molecule has 0 amide bonds. The number of aromatic amines is 1. The van der Waals surface area contributed by atoms with Crippen molar-refractivity contribution >= 4 is 10.9 Å². The van der Waals surface area contributed by atoms with E-state index >= 15 is 0 Å². The molecule has 2 rings (SSSR count). The molecule has 4 heteroatoms. The first-order valence-corrected chi connectivity index (χ1v) is 3.72. The summed E-state index contributed by atoms with van der Waals surface area (Å²) in [6.07, 6.45) is 0. The Hall–Kier alpha value is -1.97. The van der Waals surface area contributed by atoms with Gasteiger partial charge in [0, 0.05) is 17.5 Å². The van der Waals surface area contributed by atoms with Gasteiger partial charge in [-0.3, -0.25) is 4.79 Å². The number of H-pyrrole nitrogens is 1. The van der Waals surface area contributed by atoms with Crippen LogP contribution in [0.4, 0.5) is 0 Å². The van der Waals surface area contributed by atoms with Crippen molar-refractivity contribution in [1.29, 1.82) is 0 Å². The van der Waals surface area contributed by atoms with Gasteiger partial charge < -0.3 is 15.2 Å². The van der Waals surface area contributed by atoms with Crippen LogP contribution in [0.25, 0.3) is 10.9 Å². The van der Waals surface area contributed by atoms with Crippen LogP contribution >= 0.6 is 0 Å². The molecule has 66 valence electrons. The first-order valence-electron chi connectivity index (χ1n) is 3.72. The van der Waals surface area contributed by atoms with Crippen molar-refractivity contribution in [1.82, 2.24) is 4.98 Å². The molecule has 3 N–H and O–H groups in total. The maximum absolute atomic E-state index is 10.9. The van der Waals surface area contributed by atoms with Gasteiger partial charge >= 0.3 is 0 Å². The van der Waals surface area contributed by atoms with Gasteiger partial charge in [-0.2, -0.15) is 0 Å². The summed E-state index contributed by atoms with van der Waals surface area (Å²) in [4.78, 5) is 13.4. The number of pyridine rings is 1. The lowest BCUT2D eigenvalue weighted by Gasteiger charge is -1.99. The summed E-state index contributed by atoms with van der Waals surface area (Å²) in [5.41, 5.74) is 0.0283. The van der Waals surface area contributed by atoms with E-state index in [1.165, 1.54) is 18.2 Å². The normalized spacial score (nSPS) is 10.5. The Bertz CT molecular complexity index is 516. The number of hydrogen-bond donors (Lipinski definition) is 3. The minimum Gasteiger partial charge on any atom is -0.508 e. The van der Waals surface area contributed by atoms with E-state index in [0.717, 1.165) is 6.07 Å². The zero-order chi connectivity index (χ0) is 9.42. The second-order valence-electron chi connectivity index (χ2n) is 2.75. The molecule has 0 aliphatic carbocycles. The fourth-order valence-corrected chi connectivity index (χ4v) is 1.23. The average Bonchev–Trinajstić information content (AvgIpc) is 2.02. The van der Waals surface area contributed by atoms with Crippen molar-refractivity contribution < 1.29 is 10.2 Å². The first kappa shape index (κ1) is 7.67. The lowest BCUT2D eigenvalue weighted by Crippen LogP contribution is -2.02. The summed E-state index contributed by atoms with van der Waals surface area (Å²) in [6, 6.07) is 5.46. The Balaban J connectivity index is 2.94. The average molecular weight is 177 g/mol. The van der Waals surface area contributed by atoms with Gasteiger partial charge in [0.2, 0.25) is 0 Å². The zero-order valence-corrected chi connectivity index (χ0v) is 6.61. The molecule has 0 fully saturated rings. The van der Waals surface area contributed by atoms with Crippen LogP contribution in [0.3, 0.4) is 0 Å². The molecule has 1 heterocycles. The summed E-state index contributed by atoms with van der Waals surface area (Å²) < 4.78 is 0. The Kier molecular flexibility index (Phi) is 1.48. The highest BCUT2D eigenvalue weighted by Gasteiger charge is 2.01. The van der Waals surface area contributed by atoms with Crippen molar-refractivity contribution in [3.05, 3.63) is 34.6 Å². The number of phenols is 1. The number of rotatable bonds is 0. The SMILES string of the molecule is O=c1cc(O)c2ccc(O)cc2[nH]1. The van der Waals surface area contributed by atoms with E-state index in [-0.39, 0.29) is 11.5 Å². The maximum atomic E-state index is 10.9. The molecule has 0 atom stereocenters. The van der Waals surface area contributed by atoms with Crippen molar-refractivity contribution in [2.45, 2.75) is 0 Å². The molecular weight excluding hydrogens is 170 g/mol. The predicted octanol–water partition coefficient (Wildman–Crippen LogP) is 0.939. The van der Waals surface area contributed by atoms with Gasteiger partial charge in [-0.1, -0.05) is 0 Å². The molecule has 0 spiro atoms. The fraction of sp³-hybridized carbons (Fsp3) is 0. The van der Waals surface area contributed by atoms with E-state index in [2.05, 4.69) is 4.98 Å². The van der Waals surface area contributed by atoms with Gasteiger partial charge in [-0.15, -0.1) is 0 Å². The molecule has 0 bridgehead atoms. The Morgan fingerprint density at radius 3 is 2.69 bits per heavy atom. The standard InChI is InChI=1S/C9H7NO3/c11-5-1-2-6-7(3-5)10-9(13)4-8(6)12/h1-4,11H,(H2,10,12,13). The molecule has 0 aliphatic heterocycles. The van der Waals surface area contributed by atoms with Crippen LogP contribution in [0.1, 0.15) is 0 Å². The molecule has 0 unspecified atom stereocenters. The van der Waals surface area contributed by atoms with Crippen LogP contribution in [-0.4, -0.2) is 15.2 Å². The highest BCUT2D eigenvalue weighted by molar-refractivity contribution is 5.85. The van der Waals surface area contributed by atoms with Crippen LogP contribution in [-0.2, 0) is 0 Å². The molecule has 4 nitrogen and oxygen atoms in total. The minimum atomic E-state index is -0.393. The van der Waals surface area contributed by atoms with Gasteiger partial charge in [0.1, 0.15) is 11.5 Å². The fourth-order valence-electron chi connectivity index (χ4n) is 1.23. The highest BCUT2D eigenvalue weighted by Crippen LogP contribution is 2.23. The molecular formula is C9H7NO3.